The molecular weight excluding hydrogens is 626 g/mol. The first-order valence-electron chi connectivity index (χ1n) is 17.1. The molecule has 1 aromatic heterocycles. The summed E-state index contributed by atoms with van der Waals surface area (Å²) in [6.07, 6.45) is 0.0162. The van der Waals surface area contributed by atoms with Crippen LogP contribution in [0.15, 0.2) is 112 Å². The number of ketones is 2. The number of hydrogen-bond acceptors (Lipinski definition) is 7. The Labute approximate surface area is 292 Å². The van der Waals surface area contributed by atoms with Gasteiger partial charge in [0.2, 0.25) is 5.91 Å². The molecule has 1 amide bonds. The van der Waals surface area contributed by atoms with Crippen molar-refractivity contribution in [2.45, 2.75) is 26.2 Å². The van der Waals surface area contributed by atoms with Gasteiger partial charge in [0.05, 0.1) is 6.42 Å². The molecule has 1 aliphatic heterocycles. The van der Waals surface area contributed by atoms with E-state index in [1.54, 1.807) is 6.07 Å². The van der Waals surface area contributed by atoms with Gasteiger partial charge in [-0.2, -0.15) is 0 Å². The first kappa shape index (κ1) is 34.5. The van der Waals surface area contributed by atoms with Crippen LogP contribution in [0.4, 0.5) is 5.69 Å². The maximum absolute atomic E-state index is 14.4. The highest BCUT2D eigenvalue weighted by Crippen LogP contribution is 2.42. The molecule has 0 bridgehead atoms. The molecule has 8 nitrogen and oxygen atoms in total. The highest BCUT2D eigenvalue weighted by atomic mass is 16.4. The highest BCUT2D eigenvalue weighted by Gasteiger charge is 2.45. The predicted octanol–water partition coefficient (Wildman–Crippen LogP) is 6.23. The lowest BCUT2D eigenvalue weighted by Gasteiger charge is -2.43. The van der Waals surface area contributed by atoms with Crippen LogP contribution in [0.1, 0.15) is 48.9 Å². The number of likely N-dealkylation sites (tertiary alicyclic amines) is 1. The van der Waals surface area contributed by atoms with E-state index in [2.05, 4.69) is 36.2 Å². The Bertz CT molecular complexity index is 2010. The minimum absolute atomic E-state index is 0.00307. The topological polar surface area (TPSA) is 99.9 Å². The van der Waals surface area contributed by atoms with Crippen LogP contribution in [0, 0.1) is 25.7 Å². The average Bonchev–Trinajstić information content (AvgIpc) is 3.12. The fraction of sp³-hybridized carbons (Fsp3) is 0.286. The molecule has 2 atom stereocenters. The molecule has 1 saturated heterocycles. The van der Waals surface area contributed by atoms with Crippen LogP contribution in [-0.4, -0.2) is 62.6 Å². The van der Waals surface area contributed by atoms with E-state index in [-0.39, 0.29) is 29.8 Å². The molecule has 6 rings (SSSR count). The molecule has 0 saturated carbocycles. The van der Waals surface area contributed by atoms with Crippen molar-refractivity contribution >= 4 is 34.1 Å². The standard InChI is InChI=1S/C42H43N3O5/c1-27-12-11-17-33(28(27)2)40-35(41(48)29-13-7-5-8-14-29)25-45(26-36(40)42(49)30-15-9-6-10-16-30)21-20-43-38(46)22-31-23-39(47)50-37-24-32(44(3)4)18-19-34(31)37/h5-19,23-24,35-36,40H,20-22,25-26H2,1-4H3,(H,43,46). The minimum atomic E-state index is -0.508. The third-order valence-electron chi connectivity index (χ3n) is 10.0. The summed E-state index contributed by atoms with van der Waals surface area (Å²) in [6.45, 7) is 5.78. The lowest BCUT2D eigenvalue weighted by molar-refractivity contribution is -0.120. The van der Waals surface area contributed by atoms with Crippen molar-refractivity contribution in [1.29, 1.82) is 0 Å². The van der Waals surface area contributed by atoms with Crippen LogP contribution in [0.3, 0.4) is 0 Å². The number of carbonyl (C=O) groups excluding carboxylic acids is 3. The Balaban J connectivity index is 1.26. The number of hydrogen-bond donors (Lipinski definition) is 1. The van der Waals surface area contributed by atoms with E-state index >= 15 is 0 Å². The zero-order valence-electron chi connectivity index (χ0n) is 29.0. The predicted molar refractivity (Wildman–Crippen MR) is 197 cm³/mol. The van der Waals surface area contributed by atoms with Crippen LogP contribution >= 0.6 is 0 Å². The number of piperidine rings is 1. The van der Waals surface area contributed by atoms with Crippen LogP contribution < -0.4 is 15.8 Å². The molecular formula is C42H43N3O5. The van der Waals surface area contributed by atoms with Crippen LogP contribution in [0.25, 0.3) is 11.0 Å². The van der Waals surface area contributed by atoms with Crippen LogP contribution in [-0.2, 0) is 11.2 Å². The van der Waals surface area contributed by atoms with Crippen molar-refractivity contribution in [2.24, 2.45) is 11.8 Å². The quantitative estimate of drug-likeness (QED) is 0.132. The zero-order valence-corrected chi connectivity index (χ0v) is 29.0. The molecule has 1 aliphatic rings. The van der Waals surface area contributed by atoms with Crippen molar-refractivity contribution in [3.05, 3.63) is 147 Å². The van der Waals surface area contributed by atoms with E-state index in [1.807, 2.05) is 97.9 Å². The van der Waals surface area contributed by atoms with E-state index in [4.69, 9.17) is 4.42 Å². The zero-order chi connectivity index (χ0) is 35.4. The van der Waals surface area contributed by atoms with Gasteiger partial charge in [-0.3, -0.25) is 14.4 Å². The van der Waals surface area contributed by atoms with Gasteiger partial charge in [-0.15, -0.1) is 0 Å². The lowest BCUT2D eigenvalue weighted by Crippen LogP contribution is -2.52. The van der Waals surface area contributed by atoms with E-state index in [1.165, 1.54) is 6.07 Å². The number of fused-ring (bicyclic) bond motifs is 1. The van der Waals surface area contributed by atoms with Crippen molar-refractivity contribution < 1.29 is 18.8 Å². The summed E-state index contributed by atoms with van der Waals surface area (Å²) in [5, 5.41) is 3.72. The maximum Gasteiger partial charge on any atom is 0.336 e. The summed E-state index contributed by atoms with van der Waals surface area (Å²) in [4.78, 5) is 58.4. The van der Waals surface area contributed by atoms with Crippen LogP contribution in [0.2, 0.25) is 0 Å². The molecule has 0 spiro atoms. The van der Waals surface area contributed by atoms with Gasteiger partial charge in [0, 0.05) is 92.4 Å². The lowest BCUT2D eigenvalue weighted by atomic mass is 9.67. The van der Waals surface area contributed by atoms with E-state index in [9.17, 15) is 19.2 Å². The molecule has 256 valence electrons. The number of nitrogens with one attached hydrogen (secondary N) is 1. The largest absolute Gasteiger partial charge is 0.423 e. The Kier molecular flexibility index (Phi) is 10.4. The molecule has 2 unspecified atom stereocenters. The second-order valence-electron chi connectivity index (χ2n) is 13.4. The third-order valence-corrected chi connectivity index (χ3v) is 10.0. The number of benzene rings is 4. The average molecular weight is 670 g/mol. The number of carbonyl (C=O) groups is 3. The summed E-state index contributed by atoms with van der Waals surface area (Å²) in [5.74, 6) is -1.52. The Morgan fingerprint density at radius 2 is 1.42 bits per heavy atom. The van der Waals surface area contributed by atoms with Gasteiger partial charge < -0.3 is 19.5 Å². The Morgan fingerprint density at radius 1 is 0.800 bits per heavy atom. The molecule has 50 heavy (non-hydrogen) atoms. The SMILES string of the molecule is Cc1cccc(C2C(C(=O)c3ccccc3)CN(CCNC(=O)Cc3cc(=O)oc4cc(N(C)C)ccc34)CC2C(=O)c2ccccc2)c1C. The number of anilines is 1. The number of aryl methyl sites for hydroxylation is 1. The number of Topliss-reactive ketones (excluding diaryl/α,β-unsaturated/α-hetero) is 2. The monoisotopic (exact) mass is 669 g/mol. The van der Waals surface area contributed by atoms with Gasteiger partial charge in [-0.1, -0.05) is 78.9 Å². The molecule has 5 aromatic rings. The first-order valence-corrected chi connectivity index (χ1v) is 17.1. The maximum atomic E-state index is 14.4. The van der Waals surface area contributed by atoms with Gasteiger partial charge in [0.25, 0.3) is 0 Å². The van der Waals surface area contributed by atoms with Gasteiger partial charge in [0.1, 0.15) is 5.58 Å². The van der Waals surface area contributed by atoms with E-state index in [0.717, 1.165) is 22.4 Å². The second-order valence-corrected chi connectivity index (χ2v) is 13.4. The number of amides is 1. The van der Waals surface area contributed by atoms with Crippen LogP contribution in [0.5, 0.6) is 0 Å². The first-order chi connectivity index (χ1) is 24.1. The minimum Gasteiger partial charge on any atom is -0.423 e. The molecule has 8 heteroatoms. The number of nitrogens with zero attached hydrogens (tertiary/aromatic N) is 2. The van der Waals surface area contributed by atoms with Gasteiger partial charge in [0.15, 0.2) is 11.6 Å². The van der Waals surface area contributed by atoms with E-state index < -0.39 is 17.5 Å². The molecule has 2 heterocycles. The fourth-order valence-corrected chi connectivity index (χ4v) is 7.25. The van der Waals surface area contributed by atoms with Gasteiger partial charge in [-0.05, 0) is 48.2 Å². The van der Waals surface area contributed by atoms with E-state index in [0.29, 0.717) is 53.8 Å². The van der Waals surface area contributed by atoms with Crippen molar-refractivity contribution in [1.82, 2.24) is 10.2 Å². The van der Waals surface area contributed by atoms with Crippen molar-refractivity contribution in [3.63, 3.8) is 0 Å². The van der Waals surface area contributed by atoms with Crippen molar-refractivity contribution in [2.75, 3.05) is 45.2 Å². The van der Waals surface area contributed by atoms with Gasteiger partial charge in [-0.25, -0.2) is 4.79 Å². The molecule has 1 fully saturated rings. The molecule has 0 radical (unpaired) electrons. The molecule has 4 aromatic carbocycles. The van der Waals surface area contributed by atoms with Crippen molar-refractivity contribution in [3.8, 4) is 0 Å². The smallest absolute Gasteiger partial charge is 0.336 e. The molecule has 0 aliphatic carbocycles. The third kappa shape index (κ3) is 7.45. The highest BCUT2D eigenvalue weighted by molar-refractivity contribution is 6.02. The number of rotatable bonds is 11. The fourth-order valence-electron chi connectivity index (χ4n) is 7.25. The Hall–Kier alpha value is -5.34. The van der Waals surface area contributed by atoms with Gasteiger partial charge >= 0.3 is 5.63 Å². The summed E-state index contributed by atoms with van der Waals surface area (Å²) in [5.41, 5.74) is 5.87. The summed E-state index contributed by atoms with van der Waals surface area (Å²) in [7, 11) is 3.81. The summed E-state index contributed by atoms with van der Waals surface area (Å²) in [6, 6.07) is 31.7. The summed E-state index contributed by atoms with van der Waals surface area (Å²) >= 11 is 0. The summed E-state index contributed by atoms with van der Waals surface area (Å²) < 4.78 is 5.44. The second kappa shape index (κ2) is 15.0. The Morgan fingerprint density at radius 3 is 2.02 bits per heavy atom. The normalized spacial score (nSPS) is 17.7. The molecule has 1 N–H and O–H groups in total.